The van der Waals surface area contributed by atoms with Crippen molar-refractivity contribution in [1.82, 2.24) is 0 Å². The molecule has 0 aromatic heterocycles. The molecule has 0 bridgehead atoms. The Kier molecular flexibility index (Phi) is 7.31. The molecule has 0 spiro atoms. The maximum Gasteiger partial charge on any atom is 0.0787 e. The van der Waals surface area contributed by atoms with Crippen LogP contribution >= 0.6 is 0 Å². The fraction of sp³-hybridized carbons (Fsp3) is 0.714. The molecule has 2 saturated carbocycles. The molecule has 3 aliphatic carbocycles. The van der Waals surface area contributed by atoms with Crippen LogP contribution in [-0.2, 0) is 0 Å². The third kappa shape index (κ3) is 4.98. The minimum absolute atomic E-state index is 0.332. The van der Waals surface area contributed by atoms with E-state index in [4.69, 9.17) is 0 Å². The van der Waals surface area contributed by atoms with E-state index in [0.29, 0.717) is 17.3 Å². The van der Waals surface area contributed by atoms with Crippen LogP contribution in [0.2, 0.25) is 0 Å². The molecular weight excluding hydrogens is 352 g/mol. The first-order chi connectivity index (χ1) is 13.7. The van der Waals surface area contributed by atoms with E-state index in [2.05, 4.69) is 65.5 Å². The largest absolute Gasteiger partial charge is 0.388 e. The zero-order valence-electron chi connectivity index (χ0n) is 19.6. The van der Waals surface area contributed by atoms with E-state index in [1.807, 2.05) is 0 Å². The summed E-state index contributed by atoms with van der Waals surface area (Å²) in [5.74, 6) is 3.64. The predicted octanol–water partition coefficient (Wildman–Crippen LogP) is 7.64. The van der Waals surface area contributed by atoms with Crippen LogP contribution in [0.1, 0.15) is 86.0 Å². The summed E-state index contributed by atoms with van der Waals surface area (Å²) in [7, 11) is 0. The number of fused-ring (bicyclic) bond motifs is 1. The number of hydrogen-bond donors (Lipinski definition) is 1. The highest BCUT2D eigenvalue weighted by Crippen LogP contribution is 2.59. The Labute approximate surface area is 180 Å². The quantitative estimate of drug-likeness (QED) is 0.457. The Balaban J connectivity index is 1.69. The summed E-state index contributed by atoms with van der Waals surface area (Å²) in [5.41, 5.74) is 4.55. The van der Waals surface area contributed by atoms with Gasteiger partial charge in [0.1, 0.15) is 0 Å². The zero-order chi connectivity index (χ0) is 21.2. The first-order valence-electron chi connectivity index (χ1n) is 12.1. The summed E-state index contributed by atoms with van der Waals surface area (Å²) in [4.78, 5) is 0. The molecule has 3 aliphatic rings. The normalized spacial score (nSPS) is 36.5. The fourth-order valence-electron chi connectivity index (χ4n) is 6.21. The lowest BCUT2D eigenvalue weighted by molar-refractivity contribution is 0.111. The molecule has 0 saturated heterocycles. The van der Waals surface area contributed by atoms with Crippen LogP contribution in [0.25, 0.3) is 0 Å². The summed E-state index contributed by atoms with van der Waals surface area (Å²) in [6.07, 6.45) is 18.9. The average Bonchev–Trinajstić information content (AvgIpc) is 3.04. The van der Waals surface area contributed by atoms with Gasteiger partial charge in [-0.1, -0.05) is 76.6 Å². The third-order valence-corrected chi connectivity index (χ3v) is 8.65. The molecule has 0 aliphatic heterocycles. The van der Waals surface area contributed by atoms with Gasteiger partial charge in [-0.05, 0) is 91.9 Å². The highest BCUT2D eigenvalue weighted by atomic mass is 16.3. The van der Waals surface area contributed by atoms with Crippen molar-refractivity contribution in [3.63, 3.8) is 0 Å². The van der Waals surface area contributed by atoms with E-state index in [-0.39, 0.29) is 6.10 Å². The van der Waals surface area contributed by atoms with E-state index in [1.54, 1.807) is 5.57 Å². The lowest BCUT2D eigenvalue weighted by Gasteiger charge is -2.44. The topological polar surface area (TPSA) is 20.2 Å². The summed E-state index contributed by atoms with van der Waals surface area (Å²) in [5, 5.41) is 10.1. The van der Waals surface area contributed by atoms with Gasteiger partial charge in [0.15, 0.2) is 0 Å². The van der Waals surface area contributed by atoms with Gasteiger partial charge in [0, 0.05) is 0 Å². The van der Waals surface area contributed by atoms with Crippen molar-refractivity contribution in [2.45, 2.75) is 92.1 Å². The van der Waals surface area contributed by atoms with Crippen LogP contribution < -0.4 is 0 Å². The second-order valence-electron chi connectivity index (χ2n) is 10.9. The molecule has 0 radical (unpaired) electrons. The van der Waals surface area contributed by atoms with Crippen molar-refractivity contribution in [2.24, 2.45) is 35.0 Å². The summed E-state index contributed by atoms with van der Waals surface area (Å²) in [6.45, 7) is 16.0. The minimum Gasteiger partial charge on any atom is -0.388 e. The average molecular weight is 397 g/mol. The fourth-order valence-corrected chi connectivity index (χ4v) is 6.21. The van der Waals surface area contributed by atoms with Gasteiger partial charge in [0.05, 0.1) is 6.10 Å². The molecule has 0 aromatic rings. The summed E-state index contributed by atoms with van der Waals surface area (Å²) < 4.78 is 0. The van der Waals surface area contributed by atoms with Gasteiger partial charge in [0.2, 0.25) is 0 Å². The second kappa shape index (κ2) is 9.38. The molecule has 3 rings (SSSR count). The Morgan fingerprint density at radius 1 is 1.21 bits per heavy atom. The molecule has 1 N–H and O–H groups in total. The number of hydrogen-bond acceptors (Lipinski definition) is 1. The number of allylic oxidation sites excluding steroid dienone is 5. The van der Waals surface area contributed by atoms with Gasteiger partial charge in [-0.2, -0.15) is 0 Å². The van der Waals surface area contributed by atoms with Crippen LogP contribution in [0.5, 0.6) is 0 Å². The molecule has 2 fully saturated rings. The zero-order valence-corrected chi connectivity index (χ0v) is 19.6. The molecule has 6 atom stereocenters. The van der Waals surface area contributed by atoms with Crippen molar-refractivity contribution < 1.29 is 5.11 Å². The van der Waals surface area contributed by atoms with Crippen molar-refractivity contribution in [2.75, 3.05) is 0 Å². The van der Waals surface area contributed by atoms with Crippen LogP contribution in [-0.4, -0.2) is 11.2 Å². The highest BCUT2D eigenvalue weighted by molar-refractivity contribution is 5.26. The Morgan fingerprint density at radius 3 is 2.66 bits per heavy atom. The SMILES string of the molecule is C=C1CC=C(C/C=C2\CCC[C@]3(C)[C@@H]([C@H](C)/C=C/[C@H](C)C(C)C)CC[C@@H]23)C[C@H]1O. The first-order valence-corrected chi connectivity index (χ1v) is 12.1. The predicted molar refractivity (Wildman–Crippen MR) is 126 cm³/mol. The number of aliphatic hydroxyl groups is 1. The molecule has 0 heterocycles. The molecule has 29 heavy (non-hydrogen) atoms. The molecule has 0 unspecified atom stereocenters. The van der Waals surface area contributed by atoms with Crippen LogP contribution in [0, 0.1) is 35.0 Å². The molecule has 1 nitrogen and oxygen atoms in total. The number of aliphatic hydroxyl groups excluding tert-OH is 1. The Morgan fingerprint density at radius 2 is 1.97 bits per heavy atom. The van der Waals surface area contributed by atoms with Gasteiger partial charge < -0.3 is 5.11 Å². The lowest BCUT2D eigenvalue weighted by Crippen LogP contribution is -2.35. The number of rotatable bonds is 6. The molecule has 0 amide bonds. The van der Waals surface area contributed by atoms with Crippen molar-refractivity contribution in [3.05, 3.63) is 47.6 Å². The van der Waals surface area contributed by atoms with Gasteiger partial charge in [-0.3, -0.25) is 0 Å². The highest BCUT2D eigenvalue weighted by Gasteiger charge is 2.50. The van der Waals surface area contributed by atoms with Gasteiger partial charge >= 0.3 is 0 Å². The van der Waals surface area contributed by atoms with Crippen molar-refractivity contribution in [1.29, 1.82) is 0 Å². The van der Waals surface area contributed by atoms with Gasteiger partial charge in [0.25, 0.3) is 0 Å². The monoisotopic (exact) mass is 396 g/mol. The standard InChI is InChI=1S/C28H44O/c1-19(2)20(3)9-10-21(4)25-15-16-26-24(8-7-17-28(25,26)6)14-13-23-12-11-22(5)27(29)18-23/h9-10,12,14,19-21,25-27,29H,5,7-8,11,13,15-18H2,1-4,6H3/b10-9+,24-14+/t20-,21+,25+,26-,27+,28+/m0/s1. The van der Waals surface area contributed by atoms with E-state index in [0.717, 1.165) is 42.6 Å². The van der Waals surface area contributed by atoms with Crippen LogP contribution in [0.4, 0.5) is 0 Å². The van der Waals surface area contributed by atoms with E-state index in [9.17, 15) is 5.11 Å². The first kappa shape index (κ1) is 22.6. The van der Waals surface area contributed by atoms with Crippen LogP contribution in [0.3, 0.4) is 0 Å². The van der Waals surface area contributed by atoms with E-state index < -0.39 is 0 Å². The smallest absolute Gasteiger partial charge is 0.0787 e. The maximum atomic E-state index is 10.1. The molecule has 162 valence electrons. The minimum atomic E-state index is -0.332. The Bertz CT molecular complexity index is 678. The van der Waals surface area contributed by atoms with Crippen LogP contribution in [0.15, 0.2) is 47.6 Å². The second-order valence-corrected chi connectivity index (χ2v) is 10.9. The molecule has 1 heteroatoms. The van der Waals surface area contributed by atoms with Gasteiger partial charge in [-0.15, -0.1) is 0 Å². The van der Waals surface area contributed by atoms with E-state index in [1.165, 1.54) is 37.7 Å². The lowest BCUT2D eigenvalue weighted by atomic mass is 9.61. The Hall–Kier alpha value is -1.08. The van der Waals surface area contributed by atoms with Crippen molar-refractivity contribution >= 4 is 0 Å². The molecule has 0 aromatic carbocycles. The molecular formula is C28H44O. The van der Waals surface area contributed by atoms with Gasteiger partial charge in [-0.25, -0.2) is 0 Å². The summed E-state index contributed by atoms with van der Waals surface area (Å²) >= 11 is 0. The van der Waals surface area contributed by atoms with Crippen molar-refractivity contribution in [3.8, 4) is 0 Å². The maximum absolute atomic E-state index is 10.1. The third-order valence-electron chi connectivity index (χ3n) is 8.65. The van der Waals surface area contributed by atoms with E-state index >= 15 is 0 Å². The summed E-state index contributed by atoms with van der Waals surface area (Å²) in [6, 6.07) is 0.